The molecule has 1 aromatic rings. The summed E-state index contributed by atoms with van der Waals surface area (Å²) in [5, 5.41) is 0. The number of benzene rings is 1. The van der Waals surface area contributed by atoms with Crippen molar-refractivity contribution >= 4 is 21.6 Å². The number of alkyl halides is 1. The molecule has 1 N–H and O–H groups in total. The lowest BCUT2D eigenvalue weighted by Gasteiger charge is -2.12. The average molecular weight is 266 g/mol. The smallest absolute Gasteiger partial charge is 0.208 e. The van der Waals surface area contributed by atoms with E-state index in [0.29, 0.717) is 12.3 Å². The van der Waals surface area contributed by atoms with Gasteiger partial charge in [-0.3, -0.25) is 0 Å². The fraction of sp³-hybridized carbons (Fsp3) is 0.400. The molecular weight excluding hydrogens is 253 g/mol. The molecule has 0 amide bonds. The van der Waals surface area contributed by atoms with Crippen molar-refractivity contribution in [3.8, 4) is 0 Å². The van der Waals surface area contributed by atoms with Crippen LogP contribution in [0.25, 0.3) is 0 Å². The quantitative estimate of drug-likeness (QED) is 0.829. The van der Waals surface area contributed by atoms with Crippen LogP contribution in [0.4, 0.5) is 4.39 Å². The maximum atomic E-state index is 12.9. The van der Waals surface area contributed by atoms with Crippen LogP contribution in [0, 0.1) is 5.82 Å². The molecule has 0 heterocycles. The summed E-state index contributed by atoms with van der Waals surface area (Å²) in [6.07, 6.45) is 0.524. The molecule has 1 rings (SSSR count). The van der Waals surface area contributed by atoms with Crippen LogP contribution in [-0.2, 0) is 10.0 Å². The van der Waals surface area contributed by atoms with E-state index in [2.05, 4.69) is 4.72 Å². The fourth-order valence-electron chi connectivity index (χ4n) is 1.19. The van der Waals surface area contributed by atoms with Crippen LogP contribution in [0.2, 0.25) is 0 Å². The van der Waals surface area contributed by atoms with Crippen molar-refractivity contribution in [2.24, 2.45) is 0 Å². The molecule has 1 atom stereocenters. The average Bonchev–Trinajstić information content (AvgIpc) is 2.17. The monoisotopic (exact) mass is 265 g/mol. The van der Waals surface area contributed by atoms with Gasteiger partial charge in [-0.05, 0) is 31.5 Å². The van der Waals surface area contributed by atoms with Gasteiger partial charge in [0, 0.05) is 11.9 Å². The van der Waals surface area contributed by atoms with Gasteiger partial charge in [0.05, 0.1) is 4.90 Å². The summed E-state index contributed by atoms with van der Waals surface area (Å²) in [4.78, 5) is -0.0751. The minimum atomic E-state index is -3.65. The maximum Gasteiger partial charge on any atom is 0.240 e. The van der Waals surface area contributed by atoms with E-state index in [0.717, 1.165) is 6.07 Å². The van der Waals surface area contributed by atoms with Crippen LogP contribution >= 0.6 is 11.6 Å². The Morgan fingerprint density at radius 1 is 1.50 bits per heavy atom. The largest absolute Gasteiger partial charge is 0.240 e. The first-order valence-electron chi connectivity index (χ1n) is 4.79. The van der Waals surface area contributed by atoms with Crippen LogP contribution in [0.15, 0.2) is 29.2 Å². The molecule has 16 heavy (non-hydrogen) atoms. The van der Waals surface area contributed by atoms with Crippen molar-refractivity contribution in [3.63, 3.8) is 0 Å². The minimum absolute atomic E-state index is 0.0751. The number of hydrogen-bond donors (Lipinski definition) is 1. The Morgan fingerprint density at radius 2 is 2.19 bits per heavy atom. The highest BCUT2D eigenvalue weighted by molar-refractivity contribution is 7.89. The standard InChI is InChI=1S/C10H13ClFNO2S/c1-8(5-6-11)13-16(14,15)10-4-2-3-9(12)7-10/h2-4,7-8,13H,5-6H2,1H3. The van der Waals surface area contributed by atoms with Crippen molar-refractivity contribution < 1.29 is 12.8 Å². The summed E-state index contributed by atoms with van der Waals surface area (Å²) in [7, 11) is -3.65. The van der Waals surface area contributed by atoms with E-state index in [-0.39, 0.29) is 10.9 Å². The van der Waals surface area contributed by atoms with Crippen LogP contribution in [0.3, 0.4) is 0 Å². The summed E-state index contributed by atoms with van der Waals surface area (Å²) >= 11 is 5.50. The molecule has 0 radical (unpaired) electrons. The van der Waals surface area contributed by atoms with Gasteiger partial charge in [0.15, 0.2) is 0 Å². The Labute approximate surface area is 99.7 Å². The predicted molar refractivity (Wildman–Crippen MR) is 61.5 cm³/mol. The third-order valence-corrected chi connectivity index (χ3v) is 3.81. The van der Waals surface area contributed by atoms with Crippen LogP contribution in [0.5, 0.6) is 0 Å². The first-order chi connectivity index (χ1) is 7.45. The normalized spacial score (nSPS) is 13.7. The van der Waals surface area contributed by atoms with Crippen molar-refractivity contribution in [1.82, 2.24) is 4.72 Å². The number of halogens is 2. The van der Waals surface area contributed by atoms with Gasteiger partial charge < -0.3 is 0 Å². The molecule has 0 saturated carbocycles. The second-order valence-electron chi connectivity index (χ2n) is 3.46. The van der Waals surface area contributed by atoms with Gasteiger partial charge in [-0.1, -0.05) is 6.07 Å². The van der Waals surface area contributed by atoms with E-state index >= 15 is 0 Å². The molecule has 0 spiro atoms. The molecular formula is C10H13ClFNO2S. The number of rotatable bonds is 5. The predicted octanol–water partition coefficient (Wildman–Crippen LogP) is 2.12. The lowest BCUT2D eigenvalue weighted by Crippen LogP contribution is -2.32. The van der Waals surface area contributed by atoms with Gasteiger partial charge in [0.1, 0.15) is 5.82 Å². The highest BCUT2D eigenvalue weighted by Crippen LogP contribution is 2.11. The summed E-state index contributed by atoms with van der Waals surface area (Å²) in [5.41, 5.74) is 0. The van der Waals surface area contributed by atoms with Crippen molar-refractivity contribution in [3.05, 3.63) is 30.1 Å². The van der Waals surface area contributed by atoms with Gasteiger partial charge in [-0.2, -0.15) is 0 Å². The van der Waals surface area contributed by atoms with E-state index < -0.39 is 15.8 Å². The van der Waals surface area contributed by atoms with Gasteiger partial charge in [0.25, 0.3) is 0 Å². The Morgan fingerprint density at radius 3 is 2.75 bits per heavy atom. The summed E-state index contributed by atoms with van der Waals surface area (Å²) in [6, 6.07) is 4.61. The van der Waals surface area contributed by atoms with Gasteiger partial charge >= 0.3 is 0 Å². The summed E-state index contributed by atoms with van der Waals surface area (Å²) < 4.78 is 38.8. The van der Waals surface area contributed by atoms with Crippen molar-refractivity contribution in [1.29, 1.82) is 0 Å². The Kier molecular flexibility index (Phi) is 4.70. The molecule has 0 saturated heterocycles. The Balaban J connectivity index is 2.86. The van der Waals surface area contributed by atoms with Gasteiger partial charge in [0.2, 0.25) is 10.0 Å². The lowest BCUT2D eigenvalue weighted by molar-refractivity contribution is 0.554. The number of sulfonamides is 1. The molecule has 1 unspecified atom stereocenters. The van der Waals surface area contributed by atoms with E-state index in [9.17, 15) is 12.8 Å². The second kappa shape index (κ2) is 5.61. The molecule has 6 heteroatoms. The molecule has 0 aliphatic carbocycles. The van der Waals surface area contributed by atoms with Crippen molar-refractivity contribution in [2.45, 2.75) is 24.3 Å². The van der Waals surface area contributed by atoms with E-state index in [1.165, 1.54) is 18.2 Å². The molecule has 3 nitrogen and oxygen atoms in total. The number of hydrogen-bond acceptors (Lipinski definition) is 2. The second-order valence-corrected chi connectivity index (χ2v) is 5.55. The van der Waals surface area contributed by atoms with Gasteiger partial charge in [-0.15, -0.1) is 11.6 Å². The zero-order chi connectivity index (χ0) is 12.2. The summed E-state index contributed by atoms with van der Waals surface area (Å²) in [6.45, 7) is 1.71. The van der Waals surface area contributed by atoms with Crippen LogP contribution in [-0.4, -0.2) is 20.3 Å². The number of nitrogens with one attached hydrogen (secondary N) is 1. The van der Waals surface area contributed by atoms with Crippen LogP contribution < -0.4 is 4.72 Å². The molecule has 0 aliphatic heterocycles. The van der Waals surface area contributed by atoms with Crippen LogP contribution in [0.1, 0.15) is 13.3 Å². The third-order valence-electron chi connectivity index (χ3n) is 2.00. The molecule has 1 aromatic carbocycles. The zero-order valence-corrected chi connectivity index (χ0v) is 10.4. The Hall–Kier alpha value is -0.650. The highest BCUT2D eigenvalue weighted by Gasteiger charge is 2.17. The Bertz CT molecular complexity index is 450. The SMILES string of the molecule is CC(CCCl)NS(=O)(=O)c1cccc(F)c1. The van der Waals surface area contributed by atoms with E-state index in [1.807, 2.05) is 0 Å². The maximum absolute atomic E-state index is 12.9. The third kappa shape index (κ3) is 3.73. The first kappa shape index (κ1) is 13.4. The molecule has 0 aromatic heterocycles. The van der Waals surface area contributed by atoms with E-state index in [1.54, 1.807) is 6.92 Å². The zero-order valence-electron chi connectivity index (χ0n) is 8.78. The van der Waals surface area contributed by atoms with Crippen molar-refractivity contribution in [2.75, 3.05) is 5.88 Å². The fourth-order valence-corrected chi connectivity index (χ4v) is 2.83. The lowest BCUT2D eigenvalue weighted by atomic mass is 10.3. The highest BCUT2D eigenvalue weighted by atomic mass is 35.5. The van der Waals surface area contributed by atoms with E-state index in [4.69, 9.17) is 11.6 Å². The van der Waals surface area contributed by atoms with Gasteiger partial charge in [-0.25, -0.2) is 17.5 Å². The molecule has 0 aliphatic rings. The summed E-state index contributed by atoms with van der Waals surface area (Å²) in [5.74, 6) is -0.208. The minimum Gasteiger partial charge on any atom is -0.208 e. The topological polar surface area (TPSA) is 46.2 Å². The first-order valence-corrected chi connectivity index (χ1v) is 6.81. The molecule has 0 bridgehead atoms. The molecule has 90 valence electrons. The molecule has 0 fully saturated rings.